The van der Waals surface area contributed by atoms with E-state index in [1.54, 1.807) is 48.5 Å². The van der Waals surface area contributed by atoms with Gasteiger partial charge in [0, 0.05) is 5.56 Å². The van der Waals surface area contributed by atoms with Crippen molar-refractivity contribution in [1.82, 2.24) is 9.97 Å². The van der Waals surface area contributed by atoms with Gasteiger partial charge in [-0.25, -0.2) is 19.2 Å². The van der Waals surface area contributed by atoms with Crippen LogP contribution in [0.5, 0.6) is 5.75 Å². The Hall–Kier alpha value is -4.84. The molecule has 0 saturated carbocycles. The van der Waals surface area contributed by atoms with Crippen LogP contribution in [0.1, 0.15) is 16.7 Å². The molecule has 0 spiro atoms. The number of benzene rings is 3. The predicted octanol–water partition coefficient (Wildman–Crippen LogP) is 4.61. The third-order valence-electron chi connectivity index (χ3n) is 4.74. The molecule has 1 aromatic heterocycles. The lowest BCUT2D eigenvalue weighted by molar-refractivity contribution is 0.274. The van der Waals surface area contributed by atoms with E-state index in [4.69, 9.17) is 4.74 Å². The highest BCUT2D eigenvalue weighted by molar-refractivity contribution is 5.80. The van der Waals surface area contributed by atoms with Crippen molar-refractivity contribution in [2.45, 2.75) is 6.61 Å². The molecule has 0 saturated heterocycles. The zero-order valence-electron chi connectivity index (χ0n) is 17.6. The molecule has 0 atom stereocenters. The van der Waals surface area contributed by atoms with Gasteiger partial charge in [-0.1, -0.05) is 60.7 Å². The van der Waals surface area contributed by atoms with Crippen LogP contribution < -0.4 is 15.7 Å². The van der Waals surface area contributed by atoms with Crippen LogP contribution in [0.25, 0.3) is 11.3 Å². The van der Waals surface area contributed by atoms with E-state index in [0.717, 1.165) is 12.1 Å². The van der Waals surface area contributed by atoms with Crippen LogP contribution in [0.15, 0.2) is 82.7 Å². The number of anilines is 1. The van der Waals surface area contributed by atoms with Gasteiger partial charge in [-0.05, 0) is 23.3 Å². The van der Waals surface area contributed by atoms with E-state index in [0.29, 0.717) is 16.7 Å². The van der Waals surface area contributed by atoms with E-state index < -0.39 is 22.9 Å². The fourth-order valence-corrected chi connectivity index (χ4v) is 3.08. The Morgan fingerprint density at radius 3 is 2.41 bits per heavy atom. The van der Waals surface area contributed by atoms with Crippen molar-refractivity contribution in [3.63, 3.8) is 0 Å². The number of aromatic amines is 1. The number of nitriles is 1. The Labute approximate surface area is 193 Å². The second-order valence-electron chi connectivity index (χ2n) is 7.07. The third-order valence-corrected chi connectivity index (χ3v) is 4.74. The number of hydrogen-bond donors (Lipinski definition) is 2. The van der Waals surface area contributed by atoms with Crippen LogP contribution >= 0.6 is 0 Å². The number of aromatic nitrogens is 2. The molecule has 9 heteroatoms. The van der Waals surface area contributed by atoms with Gasteiger partial charge in [-0.15, -0.1) is 0 Å². The molecule has 0 fully saturated rings. The van der Waals surface area contributed by atoms with Crippen molar-refractivity contribution >= 4 is 12.2 Å². The van der Waals surface area contributed by atoms with Crippen LogP contribution in [-0.4, -0.2) is 16.2 Å². The summed E-state index contributed by atoms with van der Waals surface area (Å²) in [5, 5.41) is 13.4. The first-order valence-electron chi connectivity index (χ1n) is 10.1. The molecule has 168 valence electrons. The molecule has 0 unspecified atom stereocenters. The SMILES string of the molecule is N#Cc1c(-c2ccccc2)nc(NN=Cc2ccc(COc3c(F)cccc3F)cc2)[nH]c1=O. The van der Waals surface area contributed by atoms with Gasteiger partial charge in [0.1, 0.15) is 18.2 Å². The molecular weight excluding hydrogens is 440 g/mol. The predicted molar refractivity (Wildman–Crippen MR) is 123 cm³/mol. The lowest BCUT2D eigenvalue weighted by Crippen LogP contribution is -2.16. The topological polar surface area (TPSA) is 103 Å². The molecule has 0 bridgehead atoms. The molecule has 0 aliphatic rings. The molecule has 7 nitrogen and oxygen atoms in total. The average molecular weight is 457 g/mol. The summed E-state index contributed by atoms with van der Waals surface area (Å²) in [6, 6.07) is 21.2. The highest BCUT2D eigenvalue weighted by Crippen LogP contribution is 2.22. The molecule has 1 heterocycles. The highest BCUT2D eigenvalue weighted by atomic mass is 19.1. The summed E-state index contributed by atoms with van der Waals surface area (Å²) in [4.78, 5) is 19.1. The number of ether oxygens (including phenoxy) is 1. The first-order chi connectivity index (χ1) is 16.5. The number of hydrogen-bond acceptors (Lipinski definition) is 6. The molecule has 2 N–H and O–H groups in total. The third kappa shape index (κ3) is 5.14. The number of H-pyrrole nitrogens is 1. The van der Waals surface area contributed by atoms with E-state index >= 15 is 0 Å². The molecule has 4 aromatic rings. The molecule has 0 aliphatic heterocycles. The Kier molecular flexibility index (Phi) is 6.70. The van der Waals surface area contributed by atoms with Crippen LogP contribution in [-0.2, 0) is 6.61 Å². The van der Waals surface area contributed by atoms with E-state index in [1.165, 1.54) is 12.3 Å². The van der Waals surface area contributed by atoms with E-state index in [2.05, 4.69) is 20.5 Å². The van der Waals surface area contributed by atoms with Crippen LogP contribution in [0.3, 0.4) is 0 Å². The van der Waals surface area contributed by atoms with Crippen molar-refractivity contribution < 1.29 is 13.5 Å². The minimum atomic E-state index is -0.764. The second-order valence-corrected chi connectivity index (χ2v) is 7.07. The molecule has 0 radical (unpaired) electrons. The van der Waals surface area contributed by atoms with Gasteiger partial charge in [0.05, 0.1) is 11.9 Å². The minimum Gasteiger partial charge on any atom is -0.483 e. The number of hydrazone groups is 1. The largest absolute Gasteiger partial charge is 0.483 e. The Bertz CT molecular complexity index is 1410. The highest BCUT2D eigenvalue weighted by Gasteiger charge is 2.13. The maximum atomic E-state index is 13.7. The van der Waals surface area contributed by atoms with Crippen LogP contribution in [0, 0.1) is 23.0 Å². The van der Waals surface area contributed by atoms with Crippen molar-refractivity contribution in [2.75, 3.05) is 5.43 Å². The second kappa shape index (κ2) is 10.2. The number of para-hydroxylation sites is 1. The van der Waals surface area contributed by atoms with E-state index in [9.17, 15) is 18.8 Å². The molecule has 0 amide bonds. The molecule has 3 aromatic carbocycles. The lowest BCUT2D eigenvalue weighted by atomic mass is 10.1. The quantitative estimate of drug-likeness (QED) is 0.312. The summed E-state index contributed by atoms with van der Waals surface area (Å²) in [6.45, 7) is -0.00775. The number of halogens is 2. The Morgan fingerprint density at radius 1 is 1.03 bits per heavy atom. The first-order valence-corrected chi connectivity index (χ1v) is 10.1. The van der Waals surface area contributed by atoms with Gasteiger partial charge in [0.2, 0.25) is 5.95 Å². The van der Waals surface area contributed by atoms with Gasteiger partial charge in [0.15, 0.2) is 17.4 Å². The van der Waals surface area contributed by atoms with Gasteiger partial charge < -0.3 is 4.74 Å². The summed E-state index contributed by atoms with van der Waals surface area (Å²) in [7, 11) is 0. The molecular formula is C25H17F2N5O2. The van der Waals surface area contributed by atoms with Crippen molar-refractivity contribution in [3.05, 3.63) is 111 Å². The summed E-state index contributed by atoms with van der Waals surface area (Å²) in [5.41, 5.74) is 4.29. The summed E-state index contributed by atoms with van der Waals surface area (Å²) >= 11 is 0. The van der Waals surface area contributed by atoms with Gasteiger partial charge in [-0.3, -0.25) is 9.78 Å². The van der Waals surface area contributed by atoms with E-state index in [1.807, 2.05) is 12.1 Å². The Balaban J connectivity index is 1.43. The number of nitrogens with zero attached hydrogens (tertiary/aromatic N) is 3. The molecule has 0 aliphatic carbocycles. The summed E-state index contributed by atoms with van der Waals surface area (Å²) in [5.74, 6) is -1.87. The summed E-state index contributed by atoms with van der Waals surface area (Å²) < 4.78 is 32.6. The van der Waals surface area contributed by atoms with Gasteiger partial charge in [0.25, 0.3) is 5.56 Å². The van der Waals surface area contributed by atoms with Gasteiger partial charge in [-0.2, -0.15) is 10.4 Å². The molecule has 34 heavy (non-hydrogen) atoms. The smallest absolute Gasteiger partial charge is 0.270 e. The van der Waals surface area contributed by atoms with Crippen molar-refractivity contribution in [1.29, 1.82) is 5.26 Å². The number of nitrogens with one attached hydrogen (secondary N) is 2. The maximum absolute atomic E-state index is 13.7. The normalized spacial score (nSPS) is 10.7. The first kappa shape index (κ1) is 22.4. The Morgan fingerprint density at radius 2 is 1.74 bits per heavy atom. The van der Waals surface area contributed by atoms with Gasteiger partial charge >= 0.3 is 0 Å². The average Bonchev–Trinajstić information content (AvgIpc) is 2.85. The molecule has 4 rings (SSSR count). The fourth-order valence-electron chi connectivity index (χ4n) is 3.08. The standard InChI is InChI=1S/C25H17F2N5O2/c26-20-7-4-8-21(27)23(20)34-15-17-11-9-16(10-12-17)14-29-32-25-30-22(18-5-2-1-3-6-18)19(13-28)24(33)31-25/h1-12,14H,15H2,(H2,30,31,32,33). The zero-order chi connectivity index (χ0) is 23.9. The fraction of sp³-hybridized carbons (Fsp3) is 0.0400. The lowest BCUT2D eigenvalue weighted by Gasteiger charge is -2.08. The maximum Gasteiger partial charge on any atom is 0.270 e. The summed E-state index contributed by atoms with van der Waals surface area (Å²) in [6.07, 6.45) is 1.50. The zero-order valence-corrected chi connectivity index (χ0v) is 17.6. The van der Waals surface area contributed by atoms with Crippen molar-refractivity contribution in [3.8, 4) is 23.1 Å². The van der Waals surface area contributed by atoms with E-state index in [-0.39, 0.29) is 23.8 Å². The van der Waals surface area contributed by atoms with Crippen molar-refractivity contribution in [2.24, 2.45) is 5.10 Å². The monoisotopic (exact) mass is 457 g/mol. The minimum absolute atomic E-state index is 0.00775. The van der Waals surface area contributed by atoms with Crippen LogP contribution in [0.2, 0.25) is 0 Å². The number of rotatable bonds is 7. The van der Waals surface area contributed by atoms with Crippen LogP contribution in [0.4, 0.5) is 14.7 Å².